The molecule has 0 saturated carbocycles. The highest BCUT2D eigenvalue weighted by Gasteiger charge is 2.36. The second-order valence-electron chi connectivity index (χ2n) is 5.89. The van der Waals surface area contributed by atoms with E-state index in [0.717, 1.165) is 4.90 Å². The zero-order chi connectivity index (χ0) is 21.1. The van der Waals surface area contributed by atoms with Gasteiger partial charge in [0.05, 0.1) is 31.5 Å². The lowest BCUT2D eigenvalue weighted by Crippen LogP contribution is -2.54. The number of benzene rings is 2. The molecule has 0 bridgehead atoms. The number of carbonyl (C=O) groups is 3. The fourth-order valence-electron chi connectivity index (χ4n) is 2.81. The van der Waals surface area contributed by atoms with Crippen molar-refractivity contribution in [1.82, 2.24) is 5.32 Å². The van der Waals surface area contributed by atoms with Crippen LogP contribution in [-0.2, 0) is 9.59 Å². The second kappa shape index (κ2) is 8.36. The van der Waals surface area contributed by atoms with Crippen molar-refractivity contribution < 1.29 is 28.6 Å². The Balaban J connectivity index is 2.02. The number of ether oxygens (including phenoxy) is 3. The molecule has 1 N–H and O–H groups in total. The highest BCUT2D eigenvalue weighted by molar-refractivity contribution is 9.10. The molecule has 29 heavy (non-hydrogen) atoms. The third-order valence-electron chi connectivity index (χ3n) is 4.20. The van der Waals surface area contributed by atoms with Gasteiger partial charge in [0.2, 0.25) is 0 Å². The number of hydrogen-bond acceptors (Lipinski definition) is 6. The van der Waals surface area contributed by atoms with Crippen LogP contribution in [0.5, 0.6) is 17.2 Å². The van der Waals surface area contributed by atoms with E-state index in [1.165, 1.54) is 27.4 Å². The van der Waals surface area contributed by atoms with E-state index in [9.17, 15) is 14.4 Å². The highest BCUT2D eigenvalue weighted by atomic mass is 79.9. The number of methoxy groups -OCH3 is 3. The molecule has 8 nitrogen and oxygen atoms in total. The van der Waals surface area contributed by atoms with Gasteiger partial charge in [-0.2, -0.15) is 0 Å². The third kappa shape index (κ3) is 3.95. The van der Waals surface area contributed by atoms with Crippen molar-refractivity contribution in [3.05, 3.63) is 52.0 Å². The van der Waals surface area contributed by atoms with E-state index in [-0.39, 0.29) is 5.57 Å². The normalized spacial score (nSPS) is 15.4. The molecule has 0 radical (unpaired) electrons. The van der Waals surface area contributed by atoms with Crippen LogP contribution in [0.25, 0.3) is 6.08 Å². The highest BCUT2D eigenvalue weighted by Crippen LogP contribution is 2.37. The van der Waals surface area contributed by atoms with E-state index in [1.54, 1.807) is 36.4 Å². The molecule has 4 amide bonds. The number of amides is 4. The van der Waals surface area contributed by atoms with Crippen LogP contribution in [0.3, 0.4) is 0 Å². The summed E-state index contributed by atoms with van der Waals surface area (Å²) < 4.78 is 16.2. The number of nitrogens with one attached hydrogen (secondary N) is 1. The molecule has 0 aromatic heterocycles. The van der Waals surface area contributed by atoms with Crippen molar-refractivity contribution in [3.8, 4) is 17.2 Å². The zero-order valence-corrected chi connectivity index (χ0v) is 17.4. The summed E-state index contributed by atoms with van der Waals surface area (Å²) >= 11 is 3.37. The number of urea groups is 1. The van der Waals surface area contributed by atoms with Crippen LogP contribution in [0, 0.1) is 0 Å². The molecule has 3 rings (SSSR count). The van der Waals surface area contributed by atoms with Gasteiger partial charge in [-0.05, 0) is 64.0 Å². The van der Waals surface area contributed by atoms with Crippen molar-refractivity contribution in [2.75, 3.05) is 26.2 Å². The molecule has 9 heteroatoms. The van der Waals surface area contributed by atoms with Gasteiger partial charge in [0.1, 0.15) is 11.3 Å². The molecular formula is C20H17BrN2O6. The van der Waals surface area contributed by atoms with Crippen LogP contribution in [0.4, 0.5) is 10.5 Å². The Hall–Kier alpha value is -3.33. The molecule has 0 spiro atoms. The number of imide groups is 2. The van der Waals surface area contributed by atoms with Crippen LogP contribution in [0.2, 0.25) is 0 Å². The fourth-order valence-corrected chi connectivity index (χ4v) is 3.43. The smallest absolute Gasteiger partial charge is 0.335 e. The molecule has 1 heterocycles. The Bertz CT molecular complexity index is 1020. The maximum absolute atomic E-state index is 12.9. The predicted octanol–water partition coefficient (Wildman–Crippen LogP) is 3.14. The van der Waals surface area contributed by atoms with Gasteiger partial charge in [0.15, 0.2) is 11.5 Å². The lowest BCUT2D eigenvalue weighted by molar-refractivity contribution is -0.122. The summed E-state index contributed by atoms with van der Waals surface area (Å²) in [6.45, 7) is 0. The predicted molar refractivity (Wildman–Crippen MR) is 109 cm³/mol. The Labute approximate surface area is 175 Å². The van der Waals surface area contributed by atoms with Gasteiger partial charge in [0.25, 0.3) is 11.8 Å². The average Bonchev–Trinajstić information content (AvgIpc) is 2.71. The molecule has 1 aliphatic heterocycles. The molecule has 1 saturated heterocycles. The molecule has 0 aliphatic carbocycles. The standard InChI is InChI=1S/C20H17BrN2O6/c1-27-13-6-4-12(5-7-13)23-19(25)14(18(24)22-20(23)26)8-11-9-15(21)17(29-3)16(10-11)28-2/h4-10H,1-3H3,(H,22,24,26)/b14-8+. The summed E-state index contributed by atoms with van der Waals surface area (Å²) in [6, 6.07) is 8.79. The average molecular weight is 461 g/mol. The van der Waals surface area contributed by atoms with Gasteiger partial charge in [-0.1, -0.05) is 0 Å². The summed E-state index contributed by atoms with van der Waals surface area (Å²) in [5, 5.41) is 2.18. The van der Waals surface area contributed by atoms with Gasteiger partial charge in [-0.3, -0.25) is 14.9 Å². The maximum atomic E-state index is 12.9. The van der Waals surface area contributed by atoms with Crippen molar-refractivity contribution in [3.63, 3.8) is 0 Å². The van der Waals surface area contributed by atoms with Crippen LogP contribution < -0.4 is 24.4 Å². The Morgan fingerprint density at radius 3 is 2.24 bits per heavy atom. The number of hydrogen-bond donors (Lipinski definition) is 1. The van der Waals surface area contributed by atoms with Gasteiger partial charge < -0.3 is 14.2 Å². The first kappa shape index (κ1) is 20.4. The lowest BCUT2D eigenvalue weighted by atomic mass is 10.1. The molecular weight excluding hydrogens is 444 g/mol. The number of halogens is 1. The van der Waals surface area contributed by atoms with Crippen LogP contribution in [0.15, 0.2) is 46.4 Å². The van der Waals surface area contributed by atoms with E-state index in [4.69, 9.17) is 14.2 Å². The lowest BCUT2D eigenvalue weighted by Gasteiger charge is -2.26. The largest absolute Gasteiger partial charge is 0.497 e. The van der Waals surface area contributed by atoms with E-state index >= 15 is 0 Å². The first-order valence-corrected chi connectivity index (χ1v) is 9.16. The van der Waals surface area contributed by atoms with Crippen LogP contribution >= 0.6 is 15.9 Å². The van der Waals surface area contributed by atoms with Gasteiger partial charge in [0, 0.05) is 0 Å². The van der Waals surface area contributed by atoms with E-state index in [2.05, 4.69) is 21.2 Å². The molecule has 150 valence electrons. The van der Waals surface area contributed by atoms with Crippen molar-refractivity contribution >= 4 is 45.5 Å². The van der Waals surface area contributed by atoms with Crippen molar-refractivity contribution in [2.45, 2.75) is 0 Å². The van der Waals surface area contributed by atoms with Crippen molar-refractivity contribution in [1.29, 1.82) is 0 Å². The van der Waals surface area contributed by atoms with Gasteiger partial charge >= 0.3 is 6.03 Å². The summed E-state index contributed by atoms with van der Waals surface area (Å²) in [7, 11) is 4.48. The van der Waals surface area contributed by atoms with E-state index in [1.807, 2.05) is 0 Å². The first-order valence-electron chi connectivity index (χ1n) is 8.36. The van der Waals surface area contributed by atoms with Crippen molar-refractivity contribution in [2.24, 2.45) is 0 Å². The molecule has 0 atom stereocenters. The molecule has 2 aromatic rings. The van der Waals surface area contributed by atoms with E-state index in [0.29, 0.717) is 33.0 Å². The molecule has 1 fully saturated rings. The van der Waals surface area contributed by atoms with Crippen LogP contribution in [0.1, 0.15) is 5.56 Å². The first-order chi connectivity index (χ1) is 13.9. The Morgan fingerprint density at radius 2 is 1.66 bits per heavy atom. The van der Waals surface area contributed by atoms with E-state index < -0.39 is 17.8 Å². The number of carbonyl (C=O) groups excluding carboxylic acids is 3. The molecule has 0 unspecified atom stereocenters. The SMILES string of the molecule is COc1ccc(N2C(=O)NC(=O)/C(=C\c3cc(Br)c(OC)c(OC)c3)C2=O)cc1. The van der Waals surface area contributed by atoms with Gasteiger partial charge in [-0.15, -0.1) is 0 Å². The Kier molecular flexibility index (Phi) is 5.88. The molecule has 1 aliphatic rings. The summed E-state index contributed by atoms with van der Waals surface area (Å²) in [5.41, 5.74) is 0.622. The summed E-state index contributed by atoms with van der Waals surface area (Å²) in [4.78, 5) is 38.4. The third-order valence-corrected chi connectivity index (χ3v) is 4.79. The number of nitrogens with zero attached hydrogens (tertiary/aromatic N) is 1. The topological polar surface area (TPSA) is 94.2 Å². The minimum Gasteiger partial charge on any atom is -0.497 e. The number of barbiturate groups is 1. The Morgan fingerprint density at radius 1 is 0.966 bits per heavy atom. The molecule has 2 aromatic carbocycles. The second-order valence-corrected chi connectivity index (χ2v) is 6.75. The van der Waals surface area contributed by atoms with Gasteiger partial charge in [-0.25, -0.2) is 9.69 Å². The quantitative estimate of drug-likeness (QED) is 0.543. The minimum atomic E-state index is -0.823. The summed E-state index contributed by atoms with van der Waals surface area (Å²) in [5.74, 6) is -0.0595. The summed E-state index contributed by atoms with van der Waals surface area (Å²) in [6.07, 6.45) is 1.38. The zero-order valence-electron chi connectivity index (χ0n) is 15.8. The minimum absolute atomic E-state index is 0.195. The van der Waals surface area contributed by atoms with Crippen LogP contribution in [-0.4, -0.2) is 39.2 Å². The fraction of sp³-hybridized carbons (Fsp3) is 0.150. The maximum Gasteiger partial charge on any atom is 0.335 e. The number of anilines is 1. The number of rotatable bonds is 5. The monoisotopic (exact) mass is 460 g/mol.